The van der Waals surface area contributed by atoms with Gasteiger partial charge in [-0.25, -0.2) is 0 Å². The Labute approximate surface area is 111 Å². The minimum atomic E-state index is -0.341. The van der Waals surface area contributed by atoms with Gasteiger partial charge in [0, 0.05) is 13.1 Å². The second-order valence-corrected chi connectivity index (χ2v) is 5.58. The van der Waals surface area contributed by atoms with E-state index in [-0.39, 0.29) is 6.10 Å². The molecular weight excluding hydrogens is 222 g/mol. The summed E-state index contributed by atoms with van der Waals surface area (Å²) in [4.78, 5) is 2.41. The number of rotatable bonds is 5. The van der Waals surface area contributed by atoms with Crippen molar-refractivity contribution in [3.05, 3.63) is 35.4 Å². The molecule has 1 saturated heterocycles. The molecule has 0 bridgehead atoms. The van der Waals surface area contributed by atoms with Crippen LogP contribution in [0.1, 0.15) is 43.4 Å². The molecule has 0 saturated carbocycles. The number of β-amino-alcohol motifs (C(OH)–C–C–N with tert-alkyl or cyclic N) is 1. The summed E-state index contributed by atoms with van der Waals surface area (Å²) in [6.07, 6.45) is 3.57. The van der Waals surface area contributed by atoms with Gasteiger partial charge in [0.2, 0.25) is 0 Å². The summed E-state index contributed by atoms with van der Waals surface area (Å²) in [5.41, 5.74) is 2.27. The van der Waals surface area contributed by atoms with Crippen LogP contribution in [0.5, 0.6) is 0 Å². The number of hydrogen-bond acceptors (Lipinski definition) is 2. The van der Waals surface area contributed by atoms with E-state index < -0.39 is 0 Å². The van der Waals surface area contributed by atoms with Gasteiger partial charge in [0.15, 0.2) is 0 Å². The van der Waals surface area contributed by atoms with E-state index in [0.29, 0.717) is 0 Å². The van der Waals surface area contributed by atoms with E-state index in [0.717, 1.165) is 31.1 Å². The predicted octanol–water partition coefficient (Wildman–Crippen LogP) is 3.15. The lowest BCUT2D eigenvalue weighted by Crippen LogP contribution is -2.26. The Balaban J connectivity index is 1.89. The van der Waals surface area contributed by atoms with E-state index in [4.69, 9.17) is 0 Å². The fourth-order valence-corrected chi connectivity index (χ4v) is 3.03. The Morgan fingerprint density at radius 2 is 2.17 bits per heavy atom. The lowest BCUT2D eigenvalue weighted by Gasteiger charge is -2.21. The first-order valence-corrected chi connectivity index (χ1v) is 7.16. The molecule has 0 aliphatic carbocycles. The second kappa shape index (κ2) is 6.35. The molecule has 0 amide bonds. The van der Waals surface area contributed by atoms with E-state index in [1.165, 1.54) is 24.8 Å². The SMILES string of the molecule is CCCC1CCN(CC(O)c2ccccc2C)C1. The first-order valence-electron chi connectivity index (χ1n) is 7.16. The predicted molar refractivity (Wildman–Crippen MR) is 75.6 cm³/mol. The Morgan fingerprint density at radius 1 is 1.39 bits per heavy atom. The first kappa shape index (κ1) is 13.6. The molecule has 1 aromatic carbocycles. The van der Waals surface area contributed by atoms with Crippen LogP contribution < -0.4 is 0 Å². The Hall–Kier alpha value is -0.860. The van der Waals surface area contributed by atoms with E-state index in [1.807, 2.05) is 18.2 Å². The van der Waals surface area contributed by atoms with Crippen LogP contribution >= 0.6 is 0 Å². The maximum Gasteiger partial charge on any atom is 0.0919 e. The van der Waals surface area contributed by atoms with Gasteiger partial charge in [-0.05, 0) is 43.4 Å². The zero-order valence-electron chi connectivity index (χ0n) is 11.6. The van der Waals surface area contributed by atoms with Gasteiger partial charge in [-0.3, -0.25) is 0 Å². The van der Waals surface area contributed by atoms with Crippen molar-refractivity contribution >= 4 is 0 Å². The largest absolute Gasteiger partial charge is 0.387 e. The van der Waals surface area contributed by atoms with Crippen LogP contribution in [-0.2, 0) is 0 Å². The molecule has 1 aliphatic heterocycles. The quantitative estimate of drug-likeness (QED) is 0.864. The van der Waals surface area contributed by atoms with Crippen molar-refractivity contribution in [1.82, 2.24) is 4.90 Å². The molecule has 1 aliphatic rings. The molecule has 100 valence electrons. The van der Waals surface area contributed by atoms with Crippen molar-refractivity contribution < 1.29 is 5.11 Å². The summed E-state index contributed by atoms with van der Waals surface area (Å²) in [5.74, 6) is 0.846. The van der Waals surface area contributed by atoms with Gasteiger partial charge in [-0.15, -0.1) is 0 Å². The Kier molecular flexibility index (Phi) is 4.79. The molecule has 0 aromatic heterocycles. The van der Waals surface area contributed by atoms with Gasteiger partial charge in [0.05, 0.1) is 6.10 Å². The molecule has 2 unspecified atom stereocenters. The van der Waals surface area contributed by atoms with Gasteiger partial charge < -0.3 is 10.0 Å². The molecular formula is C16H25NO. The van der Waals surface area contributed by atoms with E-state index in [9.17, 15) is 5.11 Å². The van der Waals surface area contributed by atoms with Gasteiger partial charge >= 0.3 is 0 Å². The van der Waals surface area contributed by atoms with Gasteiger partial charge in [0.25, 0.3) is 0 Å². The van der Waals surface area contributed by atoms with Crippen molar-refractivity contribution in [2.45, 2.75) is 39.2 Å². The fraction of sp³-hybridized carbons (Fsp3) is 0.625. The standard InChI is InChI=1S/C16H25NO/c1-3-6-14-9-10-17(11-14)12-16(18)15-8-5-4-7-13(15)2/h4-5,7-8,14,16,18H,3,6,9-12H2,1-2H3. The van der Waals surface area contributed by atoms with Crippen LogP contribution in [0.4, 0.5) is 0 Å². The van der Waals surface area contributed by atoms with Gasteiger partial charge in [-0.1, -0.05) is 37.6 Å². The monoisotopic (exact) mass is 247 g/mol. The van der Waals surface area contributed by atoms with Crippen LogP contribution in [0.25, 0.3) is 0 Å². The summed E-state index contributed by atoms with van der Waals surface area (Å²) < 4.78 is 0. The highest BCUT2D eigenvalue weighted by atomic mass is 16.3. The minimum Gasteiger partial charge on any atom is -0.387 e. The van der Waals surface area contributed by atoms with Crippen molar-refractivity contribution in [3.63, 3.8) is 0 Å². The minimum absolute atomic E-state index is 0.341. The van der Waals surface area contributed by atoms with Crippen LogP contribution in [0.2, 0.25) is 0 Å². The summed E-state index contributed by atoms with van der Waals surface area (Å²) in [7, 11) is 0. The lowest BCUT2D eigenvalue weighted by atomic mass is 10.0. The zero-order valence-corrected chi connectivity index (χ0v) is 11.6. The number of aliphatic hydroxyl groups excluding tert-OH is 1. The number of aryl methyl sites for hydroxylation is 1. The maximum atomic E-state index is 10.3. The average Bonchev–Trinajstić information content (AvgIpc) is 2.77. The van der Waals surface area contributed by atoms with Crippen molar-refractivity contribution in [2.75, 3.05) is 19.6 Å². The highest BCUT2D eigenvalue weighted by Crippen LogP contribution is 2.24. The number of nitrogens with zero attached hydrogens (tertiary/aromatic N) is 1. The topological polar surface area (TPSA) is 23.5 Å². The van der Waals surface area contributed by atoms with Crippen LogP contribution in [0, 0.1) is 12.8 Å². The zero-order chi connectivity index (χ0) is 13.0. The van der Waals surface area contributed by atoms with Gasteiger partial charge in [0.1, 0.15) is 0 Å². The summed E-state index contributed by atoms with van der Waals surface area (Å²) >= 11 is 0. The summed E-state index contributed by atoms with van der Waals surface area (Å²) in [5, 5.41) is 10.3. The molecule has 2 heteroatoms. The van der Waals surface area contributed by atoms with Crippen molar-refractivity contribution in [1.29, 1.82) is 0 Å². The molecule has 18 heavy (non-hydrogen) atoms. The average molecular weight is 247 g/mol. The van der Waals surface area contributed by atoms with Crippen LogP contribution in [-0.4, -0.2) is 29.6 Å². The summed E-state index contributed by atoms with van der Waals surface area (Å²) in [6, 6.07) is 8.15. The van der Waals surface area contributed by atoms with Gasteiger partial charge in [-0.2, -0.15) is 0 Å². The summed E-state index contributed by atoms with van der Waals surface area (Å²) in [6.45, 7) is 7.42. The Bertz CT molecular complexity index is 377. The fourth-order valence-electron chi connectivity index (χ4n) is 3.03. The molecule has 0 radical (unpaired) electrons. The van der Waals surface area contributed by atoms with E-state index >= 15 is 0 Å². The molecule has 2 rings (SSSR count). The highest BCUT2D eigenvalue weighted by molar-refractivity contribution is 5.27. The third-order valence-corrected chi connectivity index (χ3v) is 4.05. The van der Waals surface area contributed by atoms with E-state index in [1.54, 1.807) is 0 Å². The molecule has 0 spiro atoms. The molecule has 1 fully saturated rings. The number of benzene rings is 1. The molecule has 1 aromatic rings. The van der Waals surface area contributed by atoms with Crippen molar-refractivity contribution in [3.8, 4) is 0 Å². The number of likely N-dealkylation sites (tertiary alicyclic amines) is 1. The normalized spacial score (nSPS) is 22.3. The second-order valence-electron chi connectivity index (χ2n) is 5.58. The van der Waals surface area contributed by atoms with Crippen LogP contribution in [0.3, 0.4) is 0 Å². The smallest absolute Gasteiger partial charge is 0.0919 e. The Morgan fingerprint density at radius 3 is 2.89 bits per heavy atom. The molecule has 1 heterocycles. The number of hydrogen-bond donors (Lipinski definition) is 1. The van der Waals surface area contributed by atoms with Crippen molar-refractivity contribution in [2.24, 2.45) is 5.92 Å². The third kappa shape index (κ3) is 3.33. The molecule has 2 atom stereocenters. The third-order valence-electron chi connectivity index (χ3n) is 4.05. The first-order chi connectivity index (χ1) is 8.70. The molecule has 2 nitrogen and oxygen atoms in total. The lowest BCUT2D eigenvalue weighted by molar-refractivity contribution is 0.123. The number of aliphatic hydroxyl groups is 1. The highest BCUT2D eigenvalue weighted by Gasteiger charge is 2.24. The maximum absolute atomic E-state index is 10.3. The van der Waals surface area contributed by atoms with Crippen LogP contribution in [0.15, 0.2) is 24.3 Å². The molecule has 1 N–H and O–H groups in total. The van der Waals surface area contributed by atoms with E-state index in [2.05, 4.69) is 24.8 Å².